The van der Waals surface area contributed by atoms with E-state index in [-0.39, 0.29) is 5.41 Å². The fourth-order valence-electron chi connectivity index (χ4n) is 0.306. The van der Waals surface area contributed by atoms with Crippen molar-refractivity contribution < 1.29 is 0 Å². The van der Waals surface area contributed by atoms with Gasteiger partial charge in [0, 0.05) is 0 Å². The van der Waals surface area contributed by atoms with Crippen LogP contribution in [0.2, 0.25) is 0 Å². The summed E-state index contributed by atoms with van der Waals surface area (Å²) >= 11 is 0. The summed E-state index contributed by atoms with van der Waals surface area (Å²) in [6.07, 6.45) is 1.95. The van der Waals surface area contributed by atoms with Crippen molar-refractivity contribution in [2.75, 3.05) is 0 Å². The monoisotopic (exact) mass is 96.1 g/mol. The molecular formula is C7H12. The molecule has 0 amide bonds. The molecule has 0 N–H and O–H groups in total. The average molecular weight is 96.2 g/mol. The smallest absolute Gasteiger partial charge is 0.0128 e. The van der Waals surface area contributed by atoms with E-state index < -0.39 is 0 Å². The van der Waals surface area contributed by atoms with Crippen molar-refractivity contribution in [2.45, 2.75) is 20.8 Å². The zero-order valence-corrected chi connectivity index (χ0v) is 5.28. The summed E-state index contributed by atoms with van der Waals surface area (Å²) in [5, 5.41) is 0. The Morgan fingerprint density at radius 2 is 1.86 bits per heavy atom. The Bertz CT molecular complexity index is 87.1. The third-order valence-corrected chi connectivity index (χ3v) is 0.535. The highest BCUT2D eigenvalue weighted by Gasteiger charge is 2.01. The van der Waals surface area contributed by atoms with Crippen LogP contribution in [0.15, 0.2) is 18.4 Å². The van der Waals surface area contributed by atoms with Crippen molar-refractivity contribution in [2.24, 2.45) is 5.41 Å². The van der Waals surface area contributed by atoms with Gasteiger partial charge in [0.25, 0.3) is 0 Å². The number of hydrogen-bond donors (Lipinski definition) is 0. The lowest BCUT2D eigenvalue weighted by atomic mass is 9.97. The van der Waals surface area contributed by atoms with Crippen molar-refractivity contribution in [1.82, 2.24) is 0 Å². The Morgan fingerprint density at radius 3 is 1.86 bits per heavy atom. The minimum atomic E-state index is 0.252. The first-order chi connectivity index (χ1) is 3.06. The third-order valence-electron chi connectivity index (χ3n) is 0.535. The Balaban J connectivity index is 3.80. The molecule has 7 heavy (non-hydrogen) atoms. The van der Waals surface area contributed by atoms with Gasteiger partial charge in [-0.15, -0.1) is 5.73 Å². The van der Waals surface area contributed by atoms with Crippen LogP contribution >= 0.6 is 0 Å². The molecule has 0 rings (SSSR count). The minimum absolute atomic E-state index is 0.252. The number of allylic oxidation sites excluding steroid dienone is 1. The molecule has 0 aromatic heterocycles. The van der Waals surface area contributed by atoms with Crippen molar-refractivity contribution in [3.05, 3.63) is 18.4 Å². The van der Waals surface area contributed by atoms with Gasteiger partial charge in [-0.1, -0.05) is 27.4 Å². The minimum Gasteiger partial charge on any atom is -0.133 e. The summed E-state index contributed by atoms with van der Waals surface area (Å²) in [7, 11) is 0. The van der Waals surface area contributed by atoms with Crippen molar-refractivity contribution in [1.29, 1.82) is 0 Å². The van der Waals surface area contributed by atoms with Gasteiger partial charge in [-0.25, -0.2) is 0 Å². The van der Waals surface area contributed by atoms with Crippen molar-refractivity contribution >= 4 is 0 Å². The molecule has 0 atom stereocenters. The molecule has 0 aromatic carbocycles. The third kappa shape index (κ3) is 5.52. The van der Waals surface area contributed by atoms with Crippen molar-refractivity contribution in [3.8, 4) is 0 Å². The van der Waals surface area contributed by atoms with Crippen LogP contribution in [0.3, 0.4) is 0 Å². The molecule has 0 aromatic rings. The van der Waals surface area contributed by atoms with Gasteiger partial charge in [0.1, 0.15) is 0 Å². The molecule has 0 heterocycles. The molecule has 0 saturated carbocycles. The highest BCUT2D eigenvalue weighted by Crippen LogP contribution is 2.12. The topological polar surface area (TPSA) is 0 Å². The molecule has 0 aliphatic carbocycles. The summed E-state index contributed by atoms with van der Waals surface area (Å²) < 4.78 is 0. The number of rotatable bonds is 0. The van der Waals surface area contributed by atoms with Gasteiger partial charge in [0.05, 0.1) is 0 Å². The Morgan fingerprint density at radius 1 is 1.43 bits per heavy atom. The molecule has 0 aliphatic rings. The summed E-state index contributed by atoms with van der Waals surface area (Å²) in [5.41, 5.74) is 2.98. The zero-order valence-electron chi connectivity index (χ0n) is 5.28. The SMILES string of the molecule is C=C=CC(C)(C)C. The molecule has 0 bridgehead atoms. The predicted octanol–water partition coefficient (Wildman–Crippen LogP) is 2.37. The van der Waals surface area contributed by atoms with E-state index in [1.165, 1.54) is 0 Å². The van der Waals surface area contributed by atoms with Crippen LogP contribution in [0.4, 0.5) is 0 Å². The highest BCUT2D eigenvalue weighted by atomic mass is 14.1. The first-order valence-electron chi connectivity index (χ1n) is 2.43. The van der Waals surface area contributed by atoms with Crippen LogP contribution in [0, 0.1) is 5.41 Å². The normalized spacial score (nSPS) is 10.1. The average Bonchev–Trinajstić information content (AvgIpc) is 1.30. The second-order valence-electron chi connectivity index (χ2n) is 2.71. The molecule has 0 saturated heterocycles. The summed E-state index contributed by atoms with van der Waals surface area (Å²) in [4.78, 5) is 0. The lowest BCUT2D eigenvalue weighted by Gasteiger charge is -2.07. The van der Waals surface area contributed by atoms with E-state index in [1.54, 1.807) is 0 Å². The van der Waals surface area contributed by atoms with E-state index in [1.807, 2.05) is 6.08 Å². The summed E-state index contributed by atoms with van der Waals surface area (Å²) in [6, 6.07) is 0. The van der Waals surface area contributed by atoms with E-state index >= 15 is 0 Å². The highest BCUT2D eigenvalue weighted by molar-refractivity contribution is 4.87. The standard InChI is InChI=1S/C7H12/c1-5-6-7(2,3)4/h6H,1H2,2-4H3. The van der Waals surface area contributed by atoms with Crippen LogP contribution in [-0.4, -0.2) is 0 Å². The van der Waals surface area contributed by atoms with Gasteiger partial charge < -0.3 is 0 Å². The van der Waals surface area contributed by atoms with Crippen LogP contribution in [0.5, 0.6) is 0 Å². The van der Waals surface area contributed by atoms with E-state index in [9.17, 15) is 0 Å². The second-order valence-corrected chi connectivity index (χ2v) is 2.71. The Hall–Kier alpha value is -0.480. The van der Waals surface area contributed by atoms with Gasteiger partial charge >= 0.3 is 0 Å². The van der Waals surface area contributed by atoms with E-state index in [0.717, 1.165) is 0 Å². The van der Waals surface area contributed by atoms with E-state index in [0.29, 0.717) is 0 Å². The van der Waals surface area contributed by atoms with Gasteiger partial charge in [-0.05, 0) is 11.5 Å². The summed E-state index contributed by atoms with van der Waals surface area (Å²) in [6.45, 7) is 9.81. The Labute approximate surface area is 45.5 Å². The molecule has 0 radical (unpaired) electrons. The van der Waals surface area contributed by atoms with Gasteiger partial charge in [0.2, 0.25) is 0 Å². The maximum absolute atomic E-state index is 3.47. The van der Waals surface area contributed by atoms with Gasteiger partial charge in [0.15, 0.2) is 0 Å². The molecule has 0 aliphatic heterocycles. The zero-order chi connectivity index (χ0) is 5.91. The van der Waals surface area contributed by atoms with Crippen LogP contribution in [0.25, 0.3) is 0 Å². The van der Waals surface area contributed by atoms with Crippen LogP contribution in [-0.2, 0) is 0 Å². The van der Waals surface area contributed by atoms with Gasteiger partial charge in [-0.3, -0.25) is 0 Å². The largest absolute Gasteiger partial charge is 0.133 e. The maximum Gasteiger partial charge on any atom is -0.0128 e. The fourth-order valence-corrected chi connectivity index (χ4v) is 0.306. The maximum atomic E-state index is 3.47. The molecular weight excluding hydrogens is 84.1 g/mol. The molecule has 0 unspecified atom stereocenters. The first-order valence-corrected chi connectivity index (χ1v) is 2.43. The van der Waals surface area contributed by atoms with Gasteiger partial charge in [-0.2, -0.15) is 0 Å². The molecule has 40 valence electrons. The van der Waals surface area contributed by atoms with Crippen molar-refractivity contribution in [3.63, 3.8) is 0 Å². The van der Waals surface area contributed by atoms with E-state index in [4.69, 9.17) is 0 Å². The van der Waals surface area contributed by atoms with E-state index in [2.05, 4.69) is 33.1 Å². The fraction of sp³-hybridized carbons (Fsp3) is 0.571. The van der Waals surface area contributed by atoms with Crippen LogP contribution < -0.4 is 0 Å². The predicted molar refractivity (Wildman–Crippen MR) is 33.2 cm³/mol. The molecule has 0 fully saturated rings. The lowest BCUT2D eigenvalue weighted by Crippen LogP contribution is -1.96. The molecule has 0 nitrogen and oxygen atoms in total. The first kappa shape index (κ1) is 6.52. The second kappa shape index (κ2) is 1.99. The lowest BCUT2D eigenvalue weighted by molar-refractivity contribution is 0.545. The molecule has 0 heteroatoms. The molecule has 0 spiro atoms. The summed E-state index contributed by atoms with van der Waals surface area (Å²) in [5.74, 6) is 0. The van der Waals surface area contributed by atoms with Crippen LogP contribution in [0.1, 0.15) is 20.8 Å². The quantitative estimate of drug-likeness (QED) is 0.406. The Kier molecular flexibility index (Phi) is 1.86. The number of hydrogen-bond acceptors (Lipinski definition) is 0.